The SMILES string of the molecule is CCCCC/C=C/OS(=O)(=O)O. The summed E-state index contributed by atoms with van der Waals surface area (Å²) in [7, 11) is -4.30. The summed E-state index contributed by atoms with van der Waals surface area (Å²) in [4.78, 5) is 0. The standard InChI is InChI=1S/C7H14O4S/c1-2-3-4-5-6-7-11-12(8,9)10/h6-7H,2-5H2,1H3,(H,8,9,10)/b7-6+. The van der Waals surface area contributed by atoms with Crippen LogP contribution in [0.1, 0.15) is 32.6 Å². The maximum absolute atomic E-state index is 10.0. The van der Waals surface area contributed by atoms with Gasteiger partial charge in [-0.2, -0.15) is 8.42 Å². The van der Waals surface area contributed by atoms with Crippen LogP contribution in [-0.2, 0) is 14.6 Å². The van der Waals surface area contributed by atoms with Crippen LogP contribution < -0.4 is 0 Å². The Kier molecular flexibility index (Phi) is 5.74. The van der Waals surface area contributed by atoms with Crippen molar-refractivity contribution in [3.8, 4) is 0 Å². The average molecular weight is 194 g/mol. The second-order valence-electron chi connectivity index (χ2n) is 2.39. The molecule has 0 aromatic carbocycles. The van der Waals surface area contributed by atoms with Gasteiger partial charge in [-0.05, 0) is 18.9 Å². The summed E-state index contributed by atoms with van der Waals surface area (Å²) in [6.07, 6.45) is 6.56. The molecule has 0 aliphatic rings. The van der Waals surface area contributed by atoms with Gasteiger partial charge in [-0.25, -0.2) is 0 Å². The minimum absolute atomic E-state index is 0.767. The van der Waals surface area contributed by atoms with E-state index in [1.165, 1.54) is 0 Å². The van der Waals surface area contributed by atoms with Gasteiger partial charge in [0.1, 0.15) is 6.26 Å². The normalized spacial score (nSPS) is 12.2. The summed E-state index contributed by atoms with van der Waals surface area (Å²) in [5.41, 5.74) is 0. The van der Waals surface area contributed by atoms with Crippen molar-refractivity contribution in [2.75, 3.05) is 0 Å². The van der Waals surface area contributed by atoms with Gasteiger partial charge in [-0.1, -0.05) is 19.8 Å². The maximum atomic E-state index is 10.0. The first-order valence-electron chi connectivity index (χ1n) is 3.87. The highest BCUT2D eigenvalue weighted by Gasteiger charge is 1.97. The third-order valence-corrected chi connectivity index (χ3v) is 1.60. The van der Waals surface area contributed by atoms with Gasteiger partial charge in [0.15, 0.2) is 0 Å². The molecule has 5 heteroatoms. The molecule has 12 heavy (non-hydrogen) atoms. The van der Waals surface area contributed by atoms with Gasteiger partial charge in [0.25, 0.3) is 0 Å². The Morgan fingerprint density at radius 1 is 1.42 bits per heavy atom. The van der Waals surface area contributed by atoms with Gasteiger partial charge < -0.3 is 4.18 Å². The van der Waals surface area contributed by atoms with E-state index < -0.39 is 10.4 Å². The van der Waals surface area contributed by atoms with Crippen molar-refractivity contribution in [2.45, 2.75) is 32.6 Å². The molecule has 0 aliphatic heterocycles. The quantitative estimate of drug-likeness (QED) is 0.398. The first-order chi connectivity index (χ1) is 5.56. The molecule has 0 amide bonds. The van der Waals surface area contributed by atoms with Crippen LogP contribution in [0, 0.1) is 0 Å². The Labute approximate surface area is 73.2 Å². The van der Waals surface area contributed by atoms with Crippen molar-refractivity contribution >= 4 is 10.4 Å². The van der Waals surface area contributed by atoms with Crippen molar-refractivity contribution in [3.63, 3.8) is 0 Å². The molecular weight excluding hydrogens is 180 g/mol. The second-order valence-corrected chi connectivity index (χ2v) is 3.44. The lowest BCUT2D eigenvalue weighted by Gasteiger charge is -1.93. The van der Waals surface area contributed by atoms with Crippen LogP contribution in [0.15, 0.2) is 12.3 Å². The molecule has 1 N–H and O–H groups in total. The zero-order chi connectivity index (χ0) is 9.45. The Morgan fingerprint density at radius 2 is 2.08 bits per heavy atom. The van der Waals surface area contributed by atoms with Crippen molar-refractivity contribution in [1.82, 2.24) is 0 Å². The van der Waals surface area contributed by atoms with E-state index in [-0.39, 0.29) is 0 Å². The van der Waals surface area contributed by atoms with Gasteiger partial charge in [0.2, 0.25) is 0 Å². The smallest absolute Gasteiger partial charge is 0.370 e. The summed E-state index contributed by atoms with van der Waals surface area (Å²) < 4.78 is 32.1. The minimum Gasteiger partial charge on any atom is -0.370 e. The number of allylic oxidation sites excluding steroid dienone is 1. The monoisotopic (exact) mass is 194 g/mol. The topological polar surface area (TPSA) is 63.6 Å². The summed E-state index contributed by atoms with van der Waals surface area (Å²) in [5.74, 6) is 0. The molecule has 0 heterocycles. The van der Waals surface area contributed by atoms with Crippen LogP contribution >= 0.6 is 0 Å². The Morgan fingerprint density at radius 3 is 2.58 bits per heavy atom. The molecule has 0 atom stereocenters. The molecule has 4 nitrogen and oxygen atoms in total. The fraction of sp³-hybridized carbons (Fsp3) is 0.714. The first kappa shape index (κ1) is 11.4. The Balaban J connectivity index is 3.39. The number of rotatable bonds is 6. The molecule has 0 saturated carbocycles. The molecule has 0 spiro atoms. The van der Waals surface area contributed by atoms with Gasteiger partial charge >= 0.3 is 10.4 Å². The predicted molar refractivity (Wildman–Crippen MR) is 45.9 cm³/mol. The lowest BCUT2D eigenvalue weighted by Crippen LogP contribution is -1.96. The molecule has 0 fully saturated rings. The van der Waals surface area contributed by atoms with E-state index in [1.807, 2.05) is 0 Å². The van der Waals surface area contributed by atoms with Crippen LogP contribution in [-0.4, -0.2) is 13.0 Å². The largest absolute Gasteiger partial charge is 0.445 e. The fourth-order valence-electron chi connectivity index (χ4n) is 0.690. The van der Waals surface area contributed by atoms with E-state index in [9.17, 15) is 8.42 Å². The highest BCUT2D eigenvalue weighted by Crippen LogP contribution is 2.00. The van der Waals surface area contributed by atoms with Crippen LogP contribution in [0.25, 0.3) is 0 Å². The highest BCUT2D eigenvalue weighted by molar-refractivity contribution is 7.81. The van der Waals surface area contributed by atoms with E-state index in [4.69, 9.17) is 4.55 Å². The predicted octanol–water partition coefficient (Wildman–Crippen LogP) is 1.90. The molecule has 0 radical (unpaired) electrons. The zero-order valence-electron chi connectivity index (χ0n) is 7.06. The summed E-state index contributed by atoms with van der Waals surface area (Å²) >= 11 is 0. The van der Waals surface area contributed by atoms with Crippen molar-refractivity contribution in [1.29, 1.82) is 0 Å². The molecule has 0 bridgehead atoms. The van der Waals surface area contributed by atoms with E-state index in [2.05, 4.69) is 11.1 Å². The molecular formula is C7H14O4S. The molecule has 0 aromatic heterocycles. The van der Waals surface area contributed by atoms with Gasteiger partial charge in [0.05, 0.1) is 0 Å². The average Bonchev–Trinajstić information content (AvgIpc) is 1.94. The van der Waals surface area contributed by atoms with E-state index >= 15 is 0 Å². The summed E-state index contributed by atoms with van der Waals surface area (Å²) in [6, 6.07) is 0. The van der Waals surface area contributed by atoms with Crippen LogP contribution in [0.4, 0.5) is 0 Å². The Hall–Kier alpha value is -0.550. The zero-order valence-corrected chi connectivity index (χ0v) is 7.88. The van der Waals surface area contributed by atoms with Gasteiger partial charge in [-0.15, -0.1) is 0 Å². The van der Waals surface area contributed by atoms with Crippen LogP contribution in [0.3, 0.4) is 0 Å². The van der Waals surface area contributed by atoms with Gasteiger partial charge in [0, 0.05) is 0 Å². The highest BCUT2D eigenvalue weighted by atomic mass is 32.3. The minimum atomic E-state index is -4.30. The van der Waals surface area contributed by atoms with E-state index in [0.29, 0.717) is 0 Å². The van der Waals surface area contributed by atoms with Crippen molar-refractivity contribution in [2.24, 2.45) is 0 Å². The molecule has 0 unspecified atom stereocenters. The van der Waals surface area contributed by atoms with E-state index in [0.717, 1.165) is 31.9 Å². The fourth-order valence-corrected chi connectivity index (χ4v) is 0.909. The lowest BCUT2D eigenvalue weighted by molar-refractivity contribution is 0.355. The molecule has 72 valence electrons. The van der Waals surface area contributed by atoms with Crippen LogP contribution in [0.5, 0.6) is 0 Å². The van der Waals surface area contributed by atoms with E-state index in [1.54, 1.807) is 6.08 Å². The van der Waals surface area contributed by atoms with Crippen LogP contribution in [0.2, 0.25) is 0 Å². The Bertz CT molecular complexity index is 218. The van der Waals surface area contributed by atoms with Gasteiger partial charge in [-0.3, -0.25) is 4.55 Å². The number of hydrogen-bond donors (Lipinski definition) is 1. The van der Waals surface area contributed by atoms with Crippen molar-refractivity contribution < 1.29 is 17.2 Å². The number of hydrogen-bond acceptors (Lipinski definition) is 3. The maximum Gasteiger partial charge on any atom is 0.445 e. The third-order valence-electron chi connectivity index (χ3n) is 1.25. The lowest BCUT2D eigenvalue weighted by atomic mass is 10.2. The molecule has 0 rings (SSSR count). The molecule has 0 aliphatic carbocycles. The third kappa shape index (κ3) is 9.45. The summed E-state index contributed by atoms with van der Waals surface area (Å²) in [5, 5.41) is 0. The number of unbranched alkanes of at least 4 members (excludes halogenated alkanes) is 3. The first-order valence-corrected chi connectivity index (χ1v) is 5.23. The molecule has 0 aromatic rings. The van der Waals surface area contributed by atoms with Crippen molar-refractivity contribution in [3.05, 3.63) is 12.3 Å². The summed E-state index contributed by atoms with van der Waals surface area (Å²) in [6.45, 7) is 2.08. The molecule has 0 saturated heterocycles. The second kappa shape index (κ2) is 6.02.